The summed E-state index contributed by atoms with van der Waals surface area (Å²) in [5.74, 6) is -0.882. The van der Waals surface area contributed by atoms with E-state index >= 15 is 0 Å². The van der Waals surface area contributed by atoms with Crippen LogP contribution in [0.2, 0.25) is 0 Å². The Morgan fingerprint density at radius 3 is 2.00 bits per heavy atom. The minimum Gasteiger partial charge on any atom is -0.338 e. The van der Waals surface area contributed by atoms with E-state index in [1.807, 2.05) is 6.07 Å². The highest BCUT2D eigenvalue weighted by atomic mass is 19.4. The molecule has 35 heavy (non-hydrogen) atoms. The van der Waals surface area contributed by atoms with Gasteiger partial charge in [0.05, 0.1) is 11.1 Å². The Labute approximate surface area is 197 Å². The molecule has 1 spiro atoms. The number of hydrogen-bond acceptors (Lipinski definition) is 2. The van der Waals surface area contributed by atoms with Crippen molar-refractivity contribution in [2.75, 3.05) is 31.5 Å². The van der Waals surface area contributed by atoms with Gasteiger partial charge in [0.15, 0.2) is 0 Å². The third-order valence-electron chi connectivity index (χ3n) is 6.53. The molecule has 0 saturated carbocycles. The number of nitrogens with one attached hydrogen (secondary N) is 1. The van der Waals surface area contributed by atoms with Crippen molar-refractivity contribution in [2.24, 2.45) is 5.41 Å². The summed E-state index contributed by atoms with van der Waals surface area (Å²) in [4.78, 5) is 28.6. The zero-order chi connectivity index (χ0) is 25.4. The number of rotatable bonds is 2. The molecule has 0 aliphatic carbocycles. The maximum absolute atomic E-state index is 13.2. The fourth-order valence-electron chi connectivity index (χ4n) is 4.81. The average molecular weight is 499 g/mol. The van der Waals surface area contributed by atoms with E-state index in [4.69, 9.17) is 0 Å². The highest BCUT2D eigenvalue weighted by molar-refractivity contribution is 5.95. The van der Waals surface area contributed by atoms with Crippen LogP contribution in [0.25, 0.3) is 0 Å². The number of carbonyl (C=O) groups excluding carboxylic acids is 2. The fourth-order valence-corrected chi connectivity index (χ4v) is 4.81. The number of hydrogen-bond donors (Lipinski definition) is 1. The van der Waals surface area contributed by atoms with Crippen molar-refractivity contribution < 1.29 is 35.9 Å². The van der Waals surface area contributed by atoms with E-state index < -0.39 is 40.4 Å². The zero-order valence-electron chi connectivity index (χ0n) is 18.5. The first kappa shape index (κ1) is 24.9. The maximum atomic E-state index is 13.2. The molecule has 4 rings (SSSR count). The topological polar surface area (TPSA) is 52.7 Å². The summed E-state index contributed by atoms with van der Waals surface area (Å²) >= 11 is 0. The normalized spacial score (nSPS) is 20.9. The second-order valence-electron chi connectivity index (χ2n) is 9.09. The van der Waals surface area contributed by atoms with E-state index in [9.17, 15) is 35.9 Å². The van der Waals surface area contributed by atoms with Gasteiger partial charge in [-0.1, -0.05) is 18.2 Å². The summed E-state index contributed by atoms with van der Waals surface area (Å²) in [6, 6.07) is 9.51. The molecule has 2 saturated heterocycles. The molecule has 2 aliphatic rings. The summed E-state index contributed by atoms with van der Waals surface area (Å²) in [5.41, 5.74) is -3.53. The molecule has 1 N–H and O–H groups in total. The Kier molecular flexibility index (Phi) is 6.46. The SMILES string of the molecule is O=C(Nc1ccccc1)N1CC[C@@]2(CCCN(C(=O)c3cc(C(F)(F)F)cc(C(F)(F)F)c3)C2)C1. The molecule has 0 bridgehead atoms. The van der Waals surface area contributed by atoms with Gasteiger partial charge in [0.25, 0.3) is 5.91 Å². The summed E-state index contributed by atoms with van der Waals surface area (Å²) in [7, 11) is 0. The van der Waals surface area contributed by atoms with Crippen LogP contribution < -0.4 is 5.32 Å². The smallest absolute Gasteiger partial charge is 0.338 e. The van der Waals surface area contributed by atoms with Crippen molar-refractivity contribution in [1.29, 1.82) is 0 Å². The van der Waals surface area contributed by atoms with Gasteiger partial charge in [-0.05, 0) is 49.6 Å². The molecule has 0 radical (unpaired) electrons. The van der Waals surface area contributed by atoms with Crippen LogP contribution in [-0.2, 0) is 12.4 Å². The number of para-hydroxylation sites is 1. The molecule has 5 nitrogen and oxygen atoms in total. The predicted molar refractivity (Wildman–Crippen MR) is 116 cm³/mol. The Bertz CT molecular complexity index is 1070. The van der Waals surface area contributed by atoms with E-state index in [2.05, 4.69) is 5.32 Å². The molecule has 2 heterocycles. The number of carbonyl (C=O) groups is 2. The molecular formula is C24H23F6N3O2. The Hall–Kier alpha value is -3.24. The molecule has 2 aromatic rings. The zero-order valence-corrected chi connectivity index (χ0v) is 18.5. The van der Waals surface area contributed by atoms with Crippen molar-refractivity contribution in [2.45, 2.75) is 31.6 Å². The lowest BCUT2D eigenvalue weighted by Gasteiger charge is -2.40. The lowest BCUT2D eigenvalue weighted by atomic mass is 9.79. The number of urea groups is 1. The van der Waals surface area contributed by atoms with Gasteiger partial charge in [-0.15, -0.1) is 0 Å². The molecule has 188 valence electrons. The van der Waals surface area contributed by atoms with Crippen LogP contribution in [0, 0.1) is 5.41 Å². The lowest BCUT2D eigenvalue weighted by molar-refractivity contribution is -0.143. The Morgan fingerprint density at radius 2 is 1.40 bits per heavy atom. The monoisotopic (exact) mass is 499 g/mol. The number of halogens is 6. The van der Waals surface area contributed by atoms with Gasteiger partial charge >= 0.3 is 18.4 Å². The highest BCUT2D eigenvalue weighted by Crippen LogP contribution is 2.41. The molecule has 3 amide bonds. The van der Waals surface area contributed by atoms with E-state index in [1.54, 1.807) is 29.2 Å². The number of alkyl halides is 6. The highest BCUT2D eigenvalue weighted by Gasteiger charge is 2.44. The first-order valence-electron chi connectivity index (χ1n) is 11.1. The molecule has 2 aliphatic heterocycles. The largest absolute Gasteiger partial charge is 0.416 e. The molecular weight excluding hydrogens is 476 g/mol. The lowest BCUT2D eigenvalue weighted by Crippen LogP contribution is -2.48. The van der Waals surface area contributed by atoms with Gasteiger partial charge in [0.2, 0.25) is 0 Å². The first-order chi connectivity index (χ1) is 16.4. The minimum absolute atomic E-state index is 0.00860. The van der Waals surface area contributed by atoms with E-state index in [1.165, 1.54) is 4.90 Å². The molecule has 2 fully saturated rings. The molecule has 2 aromatic carbocycles. The molecule has 0 aromatic heterocycles. The van der Waals surface area contributed by atoms with E-state index in [0.29, 0.717) is 50.2 Å². The van der Waals surface area contributed by atoms with Crippen molar-refractivity contribution in [3.63, 3.8) is 0 Å². The van der Waals surface area contributed by atoms with Gasteiger partial charge < -0.3 is 15.1 Å². The molecule has 11 heteroatoms. The number of anilines is 1. The minimum atomic E-state index is -5.03. The van der Waals surface area contributed by atoms with Crippen LogP contribution in [0.4, 0.5) is 36.8 Å². The molecule has 0 unspecified atom stereocenters. The van der Waals surface area contributed by atoms with Gasteiger partial charge in [-0.2, -0.15) is 26.3 Å². The van der Waals surface area contributed by atoms with Crippen molar-refractivity contribution >= 4 is 17.6 Å². The third kappa shape index (κ3) is 5.54. The van der Waals surface area contributed by atoms with E-state index in [0.717, 1.165) is 0 Å². The van der Waals surface area contributed by atoms with Gasteiger partial charge in [-0.3, -0.25) is 4.79 Å². The van der Waals surface area contributed by atoms with Crippen molar-refractivity contribution in [3.05, 3.63) is 65.2 Å². The Morgan fingerprint density at radius 1 is 0.800 bits per heavy atom. The Balaban J connectivity index is 1.50. The summed E-state index contributed by atoms with van der Waals surface area (Å²) < 4.78 is 79.3. The van der Waals surface area contributed by atoms with Crippen molar-refractivity contribution in [3.8, 4) is 0 Å². The van der Waals surface area contributed by atoms with Gasteiger partial charge in [0, 0.05) is 42.8 Å². The van der Waals surface area contributed by atoms with Crippen LogP contribution in [0.5, 0.6) is 0 Å². The van der Waals surface area contributed by atoms with Crippen molar-refractivity contribution in [1.82, 2.24) is 9.80 Å². The van der Waals surface area contributed by atoms with E-state index in [-0.39, 0.29) is 25.2 Å². The molecule has 1 atom stereocenters. The number of nitrogens with zero attached hydrogens (tertiary/aromatic N) is 2. The average Bonchev–Trinajstić information content (AvgIpc) is 3.21. The van der Waals surface area contributed by atoms with Crippen LogP contribution in [-0.4, -0.2) is 47.9 Å². The predicted octanol–water partition coefficient (Wildman–Crippen LogP) is 5.88. The maximum Gasteiger partial charge on any atom is 0.416 e. The van der Waals surface area contributed by atoms with Crippen LogP contribution in [0.3, 0.4) is 0 Å². The second kappa shape index (κ2) is 9.09. The van der Waals surface area contributed by atoms with Crippen LogP contribution in [0.15, 0.2) is 48.5 Å². The van der Waals surface area contributed by atoms with Crippen LogP contribution >= 0.6 is 0 Å². The van der Waals surface area contributed by atoms with Gasteiger partial charge in [-0.25, -0.2) is 4.79 Å². The fraction of sp³-hybridized carbons (Fsp3) is 0.417. The standard InChI is InChI=1S/C24H23F6N3O2/c25-23(26,27)17-11-16(12-18(13-17)24(28,29)30)20(34)32-9-4-7-22(14-32)8-10-33(15-22)21(35)31-19-5-2-1-3-6-19/h1-3,5-6,11-13H,4,7-10,14-15H2,(H,31,35)/t22-/m1/s1. The van der Waals surface area contributed by atoms with Gasteiger partial charge in [0.1, 0.15) is 0 Å². The quantitative estimate of drug-likeness (QED) is 0.525. The summed E-state index contributed by atoms with van der Waals surface area (Å²) in [6.07, 6.45) is -8.25. The number of likely N-dealkylation sites (tertiary alicyclic amines) is 2. The third-order valence-corrected chi connectivity index (χ3v) is 6.53. The number of amides is 3. The number of benzene rings is 2. The summed E-state index contributed by atoms with van der Waals surface area (Å²) in [5, 5.41) is 2.80. The van der Waals surface area contributed by atoms with Crippen LogP contribution in [0.1, 0.15) is 40.7 Å². The number of piperidine rings is 1. The first-order valence-corrected chi connectivity index (χ1v) is 11.1. The second-order valence-corrected chi connectivity index (χ2v) is 9.09. The summed E-state index contributed by atoms with van der Waals surface area (Å²) in [6.45, 7) is 1.14.